The number of carbonyl (C=O) groups excluding carboxylic acids is 2. The van der Waals surface area contributed by atoms with Crippen molar-refractivity contribution in [1.82, 2.24) is 15.3 Å². The van der Waals surface area contributed by atoms with Crippen molar-refractivity contribution in [2.45, 2.75) is 19.9 Å². The highest BCUT2D eigenvalue weighted by Crippen LogP contribution is 2.14. The summed E-state index contributed by atoms with van der Waals surface area (Å²) in [5.74, 6) is -0.847. The predicted octanol–water partition coefficient (Wildman–Crippen LogP) is 2.21. The molecule has 0 saturated carbocycles. The lowest BCUT2D eigenvalue weighted by atomic mass is 10.1. The highest BCUT2D eigenvalue weighted by atomic mass is 32.1. The van der Waals surface area contributed by atoms with Gasteiger partial charge in [0.2, 0.25) is 5.01 Å². The van der Waals surface area contributed by atoms with Gasteiger partial charge in [0.15, 0.2) is 0 Å². The Morgan fingerprint density at radius 2 is 2.29 bits per heavy atom. The van der Waals surface area contributed by atoms with Gasteiger partial charge in [-0.2, -0.15) is 0 Å². The molecule has 0 aliphatic carbocycles. The van der Waals surface area contributed by atoms with Crippen molar-refractivity contribution in [2.75, 3.05) is 6.61 Å². The van der Waals surface area contributed by atoms with E-state index >= 15 is 0 Å². The molecular weight excluding hydrogens is 290 g/mol. The first-order valence-electron chi connectivity index (χ1n) is 6.45. The molecule has 1 unspecified atom stereocenters. The van der Waals surface area contributed by atoms with Gasteiger partial charge < -0.3 is 10.1 Å². The van der Waals surface area contributed by atoms with Gasteiger partial charge in [-0.05, 0) is 25.5 Å². The topological polar surface area (TPSA) is 81.2 Å². The Bertz CT molecular complexity index is 627. The quantitative estimate of drug-likeness (QED) is 0.856. The highest BCUT2D eigenvalue weighted by Gasteiger charge is 2.18. The van der Waals surface area contributed by atoms with Crippen LogP contribution < -0.4 is 5.32 Å². The zero-order valence-electron chi connectivity index (χ0n) is 11.7. The van der Waals surface area contributed by atoms with E-state index in [2.05, 4.69) is 15.3 Å². The number of aromatic nitrogens is 2. The number of hydrogen-bond acceptors (Lipinski definition) is 6. The lowest BCUT2D eigenvalue weighted by Gasteiger charge is -2.12. The van der Waals surface area contributed by atoms with Crippen molar-refractivity contribution in [3.05, 3.63) is 46.2 Å². The molecule has 2 aromatic rings. The molecule has 6 nitrogen and oxygen atoms in total. The number of rotatable bonds is 5. The first-order valence-corrected chi connectivity index (χ1v) is 7.33. The Hall–Kier alpha value is -2.28. The van der Waals surface area contributed by atoms with Crippen molar-refractivity contribution in [3.63, 3.8) is 0 Å². The number of amides is 1. The lowest BCUT2D eigenvalue weighted by molar-refractivity contribution is 0.0526. The van der Waals surface area contributed by atoms with Crippen LogP contribution in [0.5, 0.6) is 0 Å². The molecule has 1 atom stereocenters. The normalized spacial score (nSPS) is 11.7. The van der Waals surface area contributed by atoms with Gasteiger partial charge in [0.05, 0.1) is 12.6 Å². The molecule has 7 heteroatoms. The fourth-order valence-corrected chi connectivity index (χ4v) is 2.34. The molecule has 0 aromatic carbocycles. The smallest absolute Gasteiger partial charge is 0.367 e. The van der Waals surface area contributed by atoms with Gasteiger partial charge >= 0.3 is 5.97 Å². The summed E-state index contributed by atoms with van der Waals surface area (Å²) >= 11 is 1.09. The number of nitrogens with zero attached hydrogens (tertiary/aromatic N) is 2. The molecule has 1 N–H and O–H groups in total. The Morgan fingerprint density at radius 1 is 1.48 bits per heavy atom. The van der Waals surface area contributed by atoms with Crippen molar-refractivity contribution < 1.29 is 14.3 Å². The second-order valence-corrected chi connectivity index (χ2v) is 5.10. The summed E-state index contributed by atoms with van der Waals surface area (Å²) in [7, 11) is 0. The van der Waals surface area contributed by atoms with E-state index in [9.17, 15) is 9.59 Å². The second-order valence-electron chi connectivity index (χ2n) is 4.24. The average molecular weight is 305 g/mol. The predicted molar refractivity (Wildman–Crippen MR) is 78.2 cm³/mol. The third-order valence-electron chi connectivity index (χ3n) is 2.72. The summed E-state index contributed by atoms with van der Waals surface area (Å²) in [6.07, 6.45) is 3.36. The molecule has 1 amide bonds. The van der Waals surface area contributed by atoms with E-state index in [1.54, 1.807) is 25.4 Å². The Balaban J connectivity index is 2.02. The second kappa shape index (κ2) is 6.94. The maximum atomic E-state index is 12.1. The summed E-state index contributed by atoms with van der Waals surface area (Å²) in [6, 6.07) is 3.49. The number of nitrogens with one attached hydrogen (secondary N) is 1. The molecule has 21 heavy (non-hydrogen) atoms. The van der Waals surface area contributed by atoms with Crippen LogP contribution in [0.2, 0.25) is 0 Å². The van der Waals surface area contributed by atoms with E-state index in [0.717, 1.165) is 16.9 Å². The fourth-order valence-electron chi connectivity index (χ4n) is 1.65. The van der Waals surface area contributed by atoms with E-state index in [0.29, 0.717) is 0 Å². The number of carbonyl (C=O) groups is 2. The third-order valence-corrected chi connectivity index (χ3v) is 3.54. The molecule has 0 fully saturated rings. The van der Waals surface area contributed by atoms with Gasteiger partial charge in [-0.1, -0.05) is 6.07 Å². The Kier molecular flexibility index (Phi) is 4.99. The maximum Gasteiger partial charge on any atom is 0.367 e. The van der Waals surface area contributed by atoms with E-state index in [1.165, 1.54) is 5.38 Å². The minimum Gasteiger partial charge on any atom is -0.461 e. The Labute approximate surface area is 126 Å². The fraction of sp³-hybridized carbons (Fsp3) is 0.286. The zero-order chi connectivity index (χ0) is 15.2. The van der Waals surface area contributed by atoms with Gasteiger partial charge in [0, 0.05) is 17.8 Å². The van der Waals surface area contributed by atoms with E-state index in [1.807, 2.05) is 13.0 Å². The van der Waals surface area contributed by atoms with Crippen molar-refractivity contribution in [2.24, 2.45) is 0 Å². The highest BCUT2D eigenvalue weighted by molar-refractivity contribution is 7.11. The van der Waals surface area contributed by atoms with Gasteiger partial charge in [-0.3, -0.25) is 9.78 Å². The molecule has 0 bridgehead atoms. The summed E-state index contributed by atoms with van der Waals surface area (Å²) < 4.78 is 4.84. The lowest BCUT2D eigenvalue weighted by Crippen LogP contribution is -2.27. The molecule has 110 valence electrons. The van der Waals surface area contributed by atoms with Gasteiger partial charge in [-0.25, -0.2) is 9.78 Å². The van der Waals surface area contributed by atoms with Crippen LogP contribution >= 0.6 is 11.3 Å². The number of hydrogen-bond donors (Lipinski definition) is 1. The van der Waals surface area contributed by atoms with Crippen LogP contribution in [0.25, 0.3) is 0 Å². The van der Waals surface area contributed by atoms with Crippen LogP contribution in [-0.2, 0) is 4.74 Å². The molecule has 0 aliphatic heterocycles. The van der Waals surface area contributed by atoms with Crippen molar-refractivity contribution in [1.29, 1.82) is 0 Å². The van der Waals surface area contributed by atoms with Gasteiger partial charge in [0.1, 0.15) is 5.69 Å². The van der Waals surface area contributed by atoms with Crippen LogP contribution in [-0.4, -0.2) is 28.5 Å². The average Bonchev–Trinajstić information content (AvgIpc) is 2.98. The van der Waals surface area contributed by atoms with Crippen molar-refractivity contribution >= 4 is 23.2 Å². The minimum absolute atomic E-state index is 0.177. The van der Waals surface area contributed by atoms with Gasteiger partial charge in [-0.15, -0.1) is 11.3 Å². The number of esters is 1. The molecule has 0 saturated heterocycles. The molecule has 0 radical (unpaired) electrons. The maximum absolute atomic E-state index is 12.1. The largest absolute Gasteiger partial charge is 0.461 e. The molecule has 2 aromatic heterocycles. The molecule has 2 heterocycles. The molecule has 2 rings (SSSR count). The number of pyridine rings is 1. The summed E-state index contributed by atoms with van der Waals surface area (Å²) in [5.41, 5.74) is 1.10. The monoisotopic (exact) mass is 305 g/mol. The molecular formula is C14H15N3O3S. The summed E-state index contributed by atoms with van der Waals surface area (Å²) in [4.78, 5) is 31.6. The van der Waals surface area contributed by atoms with Crippen LogP contribution in [0.4, 0.5) is 0 Å². The van der Waals surface area contributed by atoms with Crippen LogP contribution in [0.1, 0.15) is 45.7 Å². The van der Waals surface area contributed by atoms with E-state index < -0.39 is 5.97 Å². The summed E-state index contributed by atoms with van der Waals surface area (Å²) in [6.45, 7) is 3.85. The summed E-state index contributed by atoms with van der Waals surface area (Å²) in [5, 5.41) is 4.53. The minimum atomic E-state index is -0.512. The molecule has 0 aliphatic rings. The van der Waals surface area contributed by atoms with Crippen LogP contribution in [0.15, 0.2) is 29.9 Å². The Morgan fingerprint density at radius 3 is 2.95 bits per heavy atom. The zero-order valence-corrected chi connectivity index (χ0v) is 12.5. The SMILES string of the molecule is CCOC(=O)c1nc(C(=O)NC(C)c2cccnc2)cs1. The first-order chi connectivity index (χ1) is 10.1. The van der Waals surface area contributed by atoms with Gasteiger partial charge in [0.25, 0.3) is 5.91 Å². The standard InChI is InChI=1S/C14H15N3O3S/c1-3-20-14(19)13-17-11(8-21-13)12(18)16-9(2)10-5-4-6-15-7-10/h4-9H,3H2,1-2H3,(H,16,18). The van der Waals surface area contributed by atoms with Crippen molar-refractivity contribution in [3.8, 4) is 0 Å². The molecule has 0 spiro atoms. The van der Waals surface area contributed by atoms with Crippen LogP contribution in [0, 0.1) is 0 Å². The number of ether oxygens (including phenoxy) is 1. The third kappa shape index (κ3) is 3.85. The van der Waals surface area contributed by atoms with E-state index in [-0.39, 0.29) is 29.3 Å². The van der Waals surface area contributed by atoms with E-state index in [4.69, 9.17) is 4.74 Å². The van der Waals surface area contributed by atoms with Crippen LogP contribution in [0.3, 0.4) is 0 Å². The first kappa shape index (κ1) is 15.1. The number of thiazole rings is 1.